The molecule has 3 atom stereocenters. The van der Waals surface area contributed by atoms with Crippen LogP contribution in [0, 0.1) is 16.7 Å². The van der Waals surface area contributed by atoms with E-state index in [0.717, 1.165) is 0 Å². The number of amides is 1. The van der Waals surface area contributed by atoms with E-state index in [4.69, 9.17) is 0 Å². The van der Waals surface area contributed by atoms with Crippen molar-refractivity contribution in [2.45, 2.75) is 26.7 Å². The Morgan fingerprint density at radius 2 is 1.61 bits per heavy atom. The second-order valence-electron chi connectivity index (χ2n) is 8.47. The van der Waals surface area contributed by atoms with Crippen LogP contribution in [0.4, 0.5) is 5.69 Å². The van der Waals surface area contributed by atoms with E-state index in [9.17, 15) is 23.7 Å². The van der Waals surface area contributed by atoms with E-state index in [-0.39, 0.29) is 29.6 Å². The van der Waals surface area contributed by atoms with E-state index < -0.39 is 47.5 Å². The number of nitrogens with one attached hydrogen (secondary N) is 1. The second-order valence-corrected chi connectivity index (χ2v) is 10.2. The van der Waals surface area contributed by atoms with E-state index in [2.05, 4.69) is 5.32 Å². The Bertz CT molecular complexity index is 1100. The number of carbonyl (C=O) groups excluding carboxylic acids is 4. The summed E-state index contributed by atoms with van der Waals surface area (Å²) in [6.45, 7) is 3.61. The molecule has 2 aliphatic carbocycles. The molecule has 0 heterocycles. The maximum atomic E-state index is 13.1. The van der Waals surface area contributed by atoms with Gasteiger partial charge in [-0.3, -0.25) is 19.2 Å². The van der Waals surface area contributed by atoms with Gasteiger partial charge in [0.05, 0.1) is 0 Å². The van der Waals surface area contributed by atoms with Gasteiger partial charge in [-0.1, -0.05) is 44.2 Å². The van der Waals surface area contributed by atoms with Crippen LogP contribution < -0.4 is 10.6 Å². The van der Waals surface area contributed by atoms with Gasteiger partial charge >= 0.3 is 29.6 Å². The first kappa shape index (κ1) is 23.8. The Kier molecular flexibility index (Phi) is 6.60. The Hall–Kier alpha value is -1.85. The molecule has 0 aliphatic heterocycles. The zero-order chi connectivity index (χ0) is 21.7. The third kappa shape index (κ3) is 3.60. The standard InChI is InChI=1S/C23H22NO5P.Na.H/c1-22(2)17-12-13-23(22,19(26)18(17)25)21(28)24-15-8-10-16(11-9-15)30(29)20(27)14-6-4-3-5-7-14;;/h3-11,17,30H,12-13H2,1-2H3,(H,24,28);;. The molecule has 2 bridgehead atoms. The van der Waals surface area contributed by atoms with Gasteiger partial charge in [0.15, 0.2) is 7.80 Å². The van der Waals surface area contributed by atoms with E-state index in [0.29, 0.717) is 29.4 Å². The number of benzene rings is 2. The number of fused-ring (bicyclic) bond motifs is 2. The molecule has 0 spiro atoms. The summed E-state index contributed by atoms with van der Waals surface area (Å²) in [5.74, 6) is -1.94. The Morgan fingerprint density at radius 3 is 2.16 bits per heavy atom. The van der Waals surface area contributed by atoms with Gasteiger partial charge in [0.2, 0.25) is 23.0 Å². The van der Waals surface area contributed by atoms with Crippen LogP contribution in [0.3, 0.4) is 0 Å². The van der Waals surface area contributed by atoms with E-state index in [1.165, 1.54) is 0 Å². The van der Waals surface area contributed by atoms with Crippen molar-refractivity contribution in [3.05, 3.63) is 60.2 Å². The van der Waals surface area contributed by atoms with Crippen LogP contribution in [0.5, 0.6) is 0 Å². The topological polar surface area (TPSA) is 97.4 Å². The average Bonchev–Trinajstić information content (AvgIpc) is 3.10. The molecule has 31 heavy (non-hydrogen) atoms. The average molecular weight is 447 g/mol. The monoisotopic (exact) mass is 447 g/mol. The van der Waals surface area contributed by atoms with Crippen molar-refractivity contribution in [3.8, 4) is 0 Å². The summed E-state index contributed by atoms with van der Waals surface area (Å²) in [6, 6.07) is 14.7. The fourth-order valence-electron chi connectivity index (χ4n) is 4.88. The Morgan fingerprint density at radius 1 is 1.00 bits per heavy atom. The quantitative estimate of drug-likeness (QED) is 0.329. The van der Waals surface area contributed by atoms with E-state index in [1.807, 2.05) is 0 Å². The van der Waals surface area contributed by atoms with Crippen molar-refractivity contribution in [3.63, 3.8) is 0 Å². The molecule has 156 valence electrons. The zero-order valence-corrected chi connectivity index (χ0v) is 17.7. The van der Waals surface area contributed by atoms with Crippen LogP contribution in [-0.2, 0) is 18.9 Å². The molecule has 2 saturated carbocycles. The summed E-state index contributed by atoms with van der Waals surface area (Å²) < 4.78 is 12.6. The van der Waals surface area contributed by atoms with Crippen molar-refractivity contribution >= 4 is 71.3 Å². The number of carbonyl (C=O) groups is 4. The van der Waals surface area contributed by atoms with Crippen LogP contribution in [-0.4, -0.2) is 52.6 Å². The van der Waals surface area contributed by atoms with Crippen molar-refractivity contribution in [2.75, 3.05) is 5.32 Å². The summed E-state index contributed by atoms with van der Waals surface area (Å²) in [5, 5.41) is 3.14. The van der Waals surface area contributed by atoms with Gasteiger partial charge in [-0.05, 0) is 42.5 Å². The van der Waals surface area contributed by atoms with Gasteiger partial charge in [-0.2, -0.15) is 0 Å². The summed E-state index contributed by atoms with van der Waals surface area (Å²) in [4.78, 5) is 50.3. The zero-order valence-electron chi connectivity index (χ0n) is 16.7. The number of hydrogen-bond acceptors (Lipinski definition) is 5. The van der Waals surface area contributed by atoms with Crippen LogP contribution in [0.2, 0.25) is 0 Å². The van der Waals surface area contributed by atoms with Gasteiger partial charge in [0.1, 0.15) is 5.41 Å². The number of ketones is 2. The molecule has 2 fully saturated rings. The van der Waals surface area contributed by atoms with Crippen molar-refractivity contribution in [1.82, 2.24) is 0 Å². The molecule has 4 rings (SSSR count). The normalized spacial score (nSPS) is 24.4. The van der Waals surface area contributed by atoms with E-state index >= 15 is 0 Å². The number of rotatable bonds is 5. The van der Waals surface area contributed by atoms with Gasteiger partial charge in [-0.15, -0.1) is 0 Å². The van der Waals surface area contributed by atoms with Crippen LogP contribution in [0.15, 0.2) is 54.6 Å². The van der Waals surface area contributed by atoms with Crippen LogP contribution in [0.1, 0.15) is 37.0 Å². The first-order valence-electron chi connectivity index (χ1n) is 9.84. The Labute approximate surface area is 203 Å². The van der Waals surface area contributed by atoms with Crippen LogP contribution >= 0.6 is 7.80 Å². The number of Topliss-reactive ketones (excluding diaryl/α,β-unsaturated/α-hetero) is 2. The molecule has 0 radical (unpaired) electrons. The minimum absolute atomic E-state index is 0. The second kappa shape index (κ2) is 8.59. The molecule has 2 aliphatic rings. The molecule has 0 saturated heterocycles. The number of hydrogen-bond donors (Lipinski definition) is 1. The third-order valence-electron chi connectivity index (χ3n) is 6.74. The van der Waals surface area contributed by atoms with Crippen molar-refractivity contribution in [2.24, 2.45) is 16.7 Å². The molecule has 1 N–H and O–H groups in total. The Balaban J connectivity index is 0.00000272. The van der Waals surface area contributed by atoms with E-state index in [1.54, 1.807) is 68.4 Å². The molecule has 0 aromatic heterocycles. The van der Waals surface area contributed by atoms with Gasteiger partial charge in [-0.25, -0.2) is 0 Å². The summed E-state index contributed by atoms with van der Waals surface area (Å²) in [5.41, 5.74) is -1.68. The van der Waals surface area contributed by atoms with Crippen molar-refractivity contribution in [1.29, 1.82) is 0 Å². The molecule has 3 unspecified atom stereocenters. The molecular formula is C23H23NNaO5P. The van der Waals surface area contributed by atoms with Crippen LogP contribution in [0.25, 0.3) is 0 Å². The van der Waals surface area contributed by atoms with Crippen molar-refractivity contribution < 1.29 is 23.7 Å². The first-order chi connectivity index (χ1) is 14.2. The molecule has 1 amide bonds. The molecular weight excluding hydrogens is 424 g/mol. The SMILES string of the molecule is CC1(C)C2CCC1(C(=O)Nc1ccc([PH](=O)C(=O)c3ccccc3)cc1)C(=O)C2=O.[NaH]. The number of anilines is 1. The molecule has 2 aromatic carbocycles. The predicted molar refractivity (Wildman–Crippen MR) is 121 cm³/mol. The minimum atomic E-state index is -2.70. The maximum absolute atomic E-state index is 13.1. The predicted octanol–water partition coefficient (Wildman–Crippen LogP) is 2.58. The molecule has 6 nitrogen and oxygen atoms in total. The molecule has 8 heteroatoms. The van der Waals surface area contributed by atoms with Gasteiger partial charge < -0.3 is 9.88 Å². The first-order valence-corrected chi connectivity index (χ1v) is 11.3. The fraction of sp³-hybridized carbons (Fsp3) is 0.304. The van der Waals surface area contributed by atoms with Gasteiger partial charge in [0.25, 0.3) is 0 Å². The summed E-state index contributed by atoms with van der Waals surface area (Å²) in [6.07, 6.45) is 0.895. The fourth-order valence-corrected chi connectivity index (χ4v) is 6.04. The third-order valence-corrected chi connectivity index (χ3v) is 8.30. The summed E-state index contributed by atoms with van der Waals surface area (Å²) >= 11 is 0. The van der Waals surface area contributed by atoms with Gasteiger partial charge in [0, 0.05) is 22.5 Å². The molecule has 2 aromatic rings. The summed E-state index contributed by atoms with van der Waals surface area (Å²) in [7, 11) is -2.70.